The summed E-state index contributed by atoms with van der Waals surface area (Å²) in [7, 11) is 2.83. The smallest absolute Gasteiger partial charge is 0.202 e. The molecule has 7 nitrogen and oxygen atoms in total. The SMILES string of the molecule is COCC(=O)C1CCc2c(O)c3c(c(O)c2C1)C(=O)c1cccc(OC)c1C3=O. The molecular weight excluding hydrogens is 376 g/mol. The average Bonchev–Trinajstić information content (AvgIpc) is 2.73. The van der Waals surface area contributed by atoms with E-state index < -0.39 is 11.6 Å². The van der Waals surface area contributed by atoms with Gasteiger partial charge in [0.05, 0.1) is 23.8 Å². The van der Waals surface area contributed by atoms with E-state index >= 15 is 0 Å². The monoisotopic (exact) mass is 396 g/mol. The van der Waals surface area contributed by atoms with Crippen molar-refractivity contribution in [2.24, 2.45) is 5.92 Å². The van der Waals surface area contributed by atoms with Crippen LogP contribution in [0.4, 0.5) is 0 Å². The number of carbonyl (C=O) groups is 3. The lowest BCUT2D eigenvalue weighted by Crippen LogP contribution is -2.28. The van der Waals surface area contributed by atoms with Crippen LogP contribution in [0.3, 0.4) is 0 Å². The molecular formula is C22H20O7. The molecule has 1 atom stereocenters. The van der Waals surface area contributed by atoms with Crippen LogP contribution < -0.4 is 4.74 Å². The number of fused-ring (bicyclic) bond motifs is 3. The highest BCUT2D eigenvalue weighted by Gasteiger charge is 2.40. The lowest BCUT2D eigenvalue weighted by atomic mass is 9.75. The minimum atomic E-state index is -0.569. The Morgan fingerprint density at radius 2 is 1.72 bits per heavy atom. The molecule has 29 heavy (non-hydrogen) atoms. The van der Waals surface area contributed by atoms with Crippen molar-refractivity contribution in [2.75, 3.05) is 20.8 Å². The van der Waals surface area contributed by atoms with E-state index in [-0.39, 0.29) is 64.2 Å². The first-order valence-corrected chi connectivity index (χ1v) is 9.28. The summed E-state index contributed by atoms with van der Waals surface area (Å²) in [5.74, 6) is -2.03. The van der Waals surface area contributed by atoms with Crippen LogP contribution in [0.5, 0.6) is 17.2 Å². The largest absolute Gasteiger partial charge is 0.507 e. The summed E-state index contributed by atoms with van der Waals surface area (Å²) < 4.78 is 10.1. The Balaban J connectivity index is 1.90. The summed E-state index contributed by atoms with van der Waals surface area (Å²) in [6.45, 7) is -0.0394. The maximum Gasteiger partial charge on any atom is 0.202 e. The van der Waals surface area contributed by atoms with Gasteiger partial charge in [-0.2, -0.15) is 0 Å². The molecule has 150 valence electrons. The zero-order valence-electron chi connectivity index (χ0n) is 16.1. The van der Waals surface area contributed by atoms with Crippen molar-refractivity contribution in [2.45, 2.75) is 19.3 Å². The van der Waals surface area contributed by atoms with Crippen LogP contribution in [-0.2, 0) is 22.4 Å². The van der Waals surface area contributed by atoms with Gasteiger partial charge in [0.25, 0.3) is 0 Å². The number of Topliss-reactive ketones (excluding diaryl/α,β-unsaturated/α-hetero) is 1. The lowest BCUT2D eigenvalue weighted by Gasteiger charge is -2.29. The predicted octanol–water partition coefficient (Wildman–Crippen LogP) is 2.20. The first-order valence-electron chi connectivity index (χ1n) is 9.28. The van der Waals surface area contributed by atoms with E-state index in [1.165, 1.54) is 20.3 Å². The first kappa shape index (κ1) is 19.1. The van der Waals surface area contributed by atoms with E-state index in [0.717, 1.165) is 0 Å². The minimum absolute atomic E-state index is 0.0394. The molecule has 7 heteroatoms. The minimum Gasteiger partial charge on any atom is -0.507 e. The molecule has 0 bridgehead atoms. The third kappa shape index (κ3) is 2.73. The number of ether oxygens (including phenoxy) is 2. The van der Waals surface area contributed by atoms with Gasteiger partial charge in [0.1, 0.15) is 23.9 Å². The van der Waals surface area contributed by atoms with Crippen molar-refractivity contribution in [3.8, 4) is 17.2 Å². The van der Waals surface area contributed by atoms with Gasteiger partial charge in [-0.1, -0.05) is 12.1 Å². The van der Waals surface area contributed by atoms with Gasteiger partial charge >= 0.3 is 0 Å². The quantitative estimate of drug-likeness (QED) is 0.651. The van der Waals surface area contributed by atoms with E-state index in [0.29, 0.717) is 24.0 Å². The second-order valence-electron chi connectivity index (χ2n) is 7.28. The van der Waals surface area contributed by atoms with Crippen molar-refractivity contribution in [1.82, 2.24) is 0 Å². The number of methoxy groups -OCH3 is 2. The Labute approximate surface area is 166 Å². The second-order valence-corrected chi connectivity index (χ2v) is 7.28. The van der Waals surface area contributed by atoms with E-state index in [1.54, 1.807) is 12.1 Å². The van der Waals surface area contributed by atoms with Crippen molar-refractivity contribution in [1.29, 1.82) is 0 Å². The van der Waals surface area contributed by atoms with Crippen LogP contribution in [0.25, 0.3) is 0 Å². The summed E-state index contributed by atoms with van der Waals surface area (Å²) >= 11 is 0. The van der Waals surface area contributed by atoms with Gasteiger partial charge in [-0.25, -0.2) is 0 Å². The van der Waals surface area contributed by atoms with Crippen LogP contribution >= 0.6 is 0 Å². The van der Waals surface area contributed by atoms with Gasteiger partial charge in [-0.15, -0.1) is 0 Å². The number of hydrogen-bond acceptors (Lipinski definition) is 7. The number of rotatable bonds is 4. The van der Waals surface area contributed by atoms with Crippen LogP contribution in [0.1, 0.15) is 49.4 Å². The molecule has 0 saturated heterocycles. The molecule has 2 aliphatic carbocycles. The molecule has 0 heterocycles. The van der Waals surface area contributed by atoms with Crippen LogP contribution in [0.15, 0.2) is 18.2 Å². The highest BCUT2D eigenvalue weighted by molar-refractivity contribution is 6.31. The number of phenols is 2. The molecule has 4 rings (SSSR count). The summed E-state index contributed by atoms with van der Waals surface area (Å²) in [5, 5.41) is 21.8. The Morgan fingerprint density at radius 3 is 2.41 bits per heavy atom. The standard InChI is InChI=1S/C22H20O7/c1-28-9-14(23)10-6-7-11-13(8-10)21(26)17-18(19(11)24)22(27)16-12(20(17)25)4-3-5-15(16)29-2/h3-5,10,24,26H,6-9H2,1-2H3. The number of aromatic hydroxyl groups is 2. The Bertz CT molecular complexity index is 1070. The van der Waals surface area contributed by atoms with E-state index in [1.807, 2.05) is 0 Å². The van der Waals surface area contributed by atoms with Gasteiger partial charge in [0, 0.05) is 29.7 Å². The summed E-state index contributed by atoms with van der Waals surface area (Å²) in [6, 6.07) is 4.64. The third-order valence-corrected chi connectivity index (χ3v) is 5.77. The van der Waals surface area contributed by atoms with E-state index in [2.05, 4.69) is 0 Å². The zero-order chi connectivity index (χ0) is 20.9. The maximum absolute atomic E-state index is 13.2. The third-order valence-electron chi connectivity index (χ3n) is 5.77. The van der Waals surface area contributed by atoms with E-state index in [4.69, 9.17) is 9.47 Å². The Kier molecular flexibility index (Phi) is 4.62. The van der Waals surface area contributed by atoms with E-state index in [9.17, 15) is 24.6 Å². The van der Waals surface area contributed by atoms with Gasteiger partial charge < -0.3 is 19.7 Å². The fourth-order valence-electron chi connectivity index (χ4n) is 4.34. The fraction of sp³-hybridized carbons (Fsp3) is 0.318. The fourth-order valence-corrected chi connectivity index (χ4v) is 4.34. The molecule has 0 fully saturated rings. The van der Waals surface area contributed by atoms with Gasteiger partial charge in [-0.3, -0.25) is 14.4 Å². The van der Waals surface area contributed by atoms with Crippen molar-refractivity contribution < 1.29 is 34.1 Å². The molecule has 2 aliphatic rings. The number of benzene rings is 2. The number of hydrogen-bond donors (Lipinski definition) is 2. The van der Waals surface area contributed by atoms with Crippen LogP contribution in [0.2, 0.25) is 0 Å². The normalized spacial score (nSPS) is 17.4. The lowest BCUT2D eigenvalue weighted by molar-refractivity contribution is -0.126. The zero-order valence-corrected chi connectivity index (χ0v) is 16.1. The van der Waals surface area contributed by atoms with Crippen molar-refractivity contribution in [3.05, 3.63) is 51.6 Å². The molecule has 2 aromatic carbocycles. The number of ketones is 3. The number of phenolic OH excluding ortho intramolecular Hbond substituents is 2. The topological polar surface area (TPSA) is 110 Å². The molecule has 1 unspecified atom stereocenters. The predicted molar refractivity (Wildman–Crippen MR) is 102 cm³/mol. The molecule has 0 radical (unpaired) electrons. The Morgan fingerprint density at radius 1 is 1.03 bits per heavy atom. The summed E-state index contributed by atoms with van der Waals surface area (Å²) in [4.78, 5) is 38.5. The molecule has 2 aromatic rings. The average molecular weight is 396 g/mol. The van der Waals surface area contributed by atoms with Crippen LogP contribution in [0, 0.1) is 5.92 Å². The molecule has 0 aliphatic heterocycles. The number of carbonyl (C=O) groups excluding carboxylic acids is 3. The molecule has 0 spiro atoms. The van der Waals surface area contributed by atoms with Gasteiger partial charge in [-0.05, 0) is 25.3 Å². The summed E-state index contributed by atoms with van der Waals surface area (Å²) in [5.41, 5.74) is 0.513. The van der Waals surface area contributed by atoms with Crippen molar-refractivity contribution >= 4 is 17.3 Å². The van der Waals surface area contributed by atoms with Gasteiger partial charge in [0.2, 0.25) is 5.78 Å². The maximum atomic E-state index is 13.2. The van der Waals surface area contributed by atoms with Crippen LogP contribution in [-0.4, -0.2) is 48.4 Å². The summed E-state index contributed by atoms with van der Waals surface area (Å²) in [6.07, 6.45) is 0.946. The first-order chi connectivity index (χ1) is 13.9. The molecule has 2 N–H and O–H groups in total. The molecule has 0 aromatic heterocycles. The molecule has 0 amide bonds. The van der Waals surface area contributed by atoms with Gasteiger partial charge in [0.15, 0.2) is 11.6 Å². The molecule has 0 saturated carbocycles. The Hall–Kier alpha value is -3.19. The highest BCUT2D eigenvalue weighted by Crippen LogP contribution is 2.47. The highest BCUT2D eigenvalue weighted by atomic mass is 16.5. The second kappa shape index (κ2) is 7.00. The van der Waals surface area contributed by atoms with Crippen molar-refractivity contribution in [3.63, 3.8) is 0 Å².